The highest BCUT2D eigenvalue weighted by molar-refractivity contribution is 5.77. The van der Waals surface area contributed by atoms with Gasteiger partial charge in [-0.25, -0.2) is 4.79 Å². The fourth-order valence-electron chi connectivity index (χ4n) is 3.70. The molecular weight excluding hydrogens is 320 g/mol. The van der Waals surface area contributed by atoms with Gasteiger partial charge >= 0.3 is 6.09 Å². The Morgan fingerprint density at radius 2 is 1.84 bits per heavy atom. The monoisotopic (exact) mass is 354 g/mol. The number of cyclic esters (lactones) is 1. The molecule has 7 nitrogen and oxygen atoms in total. The molecule has 1 unspecified atom stereocenters. The van der Waals surface area contributed by atoms with Gasteiger partial charge in [0.25, 0.3) is 0 Å². The third-order valence-electron chi connectivity index (χ3n) is 5.26. The molecule has 0 aromatic rings. The highest BCUT2D eigenvalue weighted by atomic mass is 16.6. The van der Waals surface area contributed by atoms with Crippen LogP contribution in [0.5, 0.6) is 0 Å². The minimum Gasteiger partial charge on any atom is -0.446 e. The highest BCUT2D eigenvalue weighted by Gasteiger charge is 2.36. The van der Waals surface area contributed by atoms with Crippen molar-refractivity contribution >= 4 is 12.0 Å². The Morgan fingerprint density at radius 1 is 1.08 bits per heavy atom. The van der Waals surface area contributed by atoms with Crippen molar-refractivity contribution in [3.8, 4) is 0 Å². The number of piperidine rings is 2. The van der Waals surface area contributed by atoms with Crippen LogP contribution in [0.3, 0.4) is 0 Å². The Bertz CT molecular complexity index is 419. The molecular formula is C18H34N4O3. The molecule has 0 aromatic carbocycles. The lowest BCUT2D eigenvalue weighted by Gasteiger charge is -2.40. The molecule has 7 heteroatoms. The summed E-state index contributed by atoms with van der Waals surface area (Å²) in [4.78, 5) is 22.0. The maximum Gasteiger partial charge on any atom is 0.407 e. The molecule has 0 aromatic heterocycles. The summed E-state index contributed by atoms with van der Waals surface area (Å²) in [6.45, 7) is 7.93. The van der Waals surface area contributed by atoms with Crippen LogP contribution in [-0.2, 0) is 9.53 Å². The van der Waals surface area contributed by atoms with E-state index in [1.165, 1.54) is 19.3 Å². The standard InChI is InChI=1S/C9H18N2O2.C9H16N2O/c1-2-5-10-6-3-8-4-7-11-9(12)13-8;12-8-7-9(3-6-11-8)1-4-10-5-2-9/h8,10H,2-7H2,1H3,(H,11,12);10H,1-7H2,(H,11,12). The van der Waals surface area contributed by atoms with Crippen molar-refractivity contribution in [1.82, 2.24) is 21.3 Å². The second kappa shape index (κ2) is 10.6. The van der Waals surface area contributed by atoms with Crippen LogP contribution in [0.1, 0.15) is 51.9 Å². The van der Waals surface area contributed by atoms with E-state index in [1.54, 1.807) is 0 Å². The first kappa shape index (κ1) is 20.0. The van der Waals surface area contributed by atoms with Gasteiger partial charge in [-0.2, -0.15) is 0 Å². The number of amides is 2. The zero-order valence-electron chi connectivity index (χ0n) is 15.5. The Hall–Kier alpha value is -1.34. The van der Waals surface area contributed by atoms with Crippen molar-refractivity contribution in [2.45, 2.75) is 58.0 Å². The summed E-state index contributed by atoms with van der Waals surface area (Å²) < 4.78 is 5.08. The lowest BCUT2D eigenvalue weighted by atomic mass is 9.72. The number of hydrogen-bond acceptors (Lipinski definition) is 5. The van der Waals surface area contributed by atoms with E-state index < -0.39 is 0 Å². The number of nitrogens with one attached hydrogen (secondary N) is 4. The van der Waals surface area contributed by atoms with Gasteiger partial charge in [0.1, 0.15) is 6.10 Å². The number of carbonyl (C=O) groups excluding carboxylic acids is 2. The molecule has 3 fully saturated rings. The molecule has 1 spiro atoms. The lowest BCUT2D eigenvalue weighted by Crippen LogP contribution is -2.46. The van der Waals surface area contributed by atoms with Gasteiger partial charge in [-0.1, -0.05) is 6.92 Å². The number of ether oxygens (including phenoxy) is 1. The molecule has 2 amide bonds. The Labute approximate surface area is 151 Å². The highest BCUT2D eigenvalue weighted by Crippen LogP contribution is 2.37. The first-order chi connectivity index (χ1) is 12.1. The van der Waals surface area contributed by atoms with Gasteiger partial charge in [0, 0.05) is 25.9 Å². The van der Waals surface area contributed by atoms with Gasteiger partial charge in [0.2, 0.25) is 5.91 Å². The van der Waals surface area contributed by atoms with Crippen LogP contribution in [-0.4, -0.2) is 57.4 Å². The third kappa shape index (κ3) is 7.20. The summed E-state index contributed by atoms with van der Waals surface area (Å²) >= 11 is 0. The van der Waals surface area contributed by atoms with E-state index in [-0.39, 0.29) is 18.1 Å². The van der Waals surface area contributed by atoms with E-state index in [0.29, 0.717) is 5.41 Å². The van der Waals surface area contributed by atoms with Crippen LogP contribution >= 0.6 is 0 Å². The molecule has 3 rings (SSSR count). The average molecular weight is 354 g/mol. The first-order valence-electron chi connectivity index (χ1n) is 9.76. The van der Waals surface area contributed by atoms with Gasteiger partial charge in [-0.15, -0.1) is 0 Å². The summed E-state index contributed by atoms with van der Waals surface area (Å²) in [5, 5.41) is 12.2. The zero-order valence-corrected chi connectivity index (χ0v) is 15.5. The molecule has 25 heavy (non-hydrogen) atoms. The summed E-state index contributed by atoms with van der Waals surface area (Å²) in [5.41, 5.74) is 0.355. The van der Waals surface area contributed by atoms with Crippen molar-refractivity contribution in [2.75, 3.05) is 39.3 Å². The van der Waals surface area contributed by atoms with Gasteiger partial charge in [0.15, 0.2) is 0 Å². The molecule has 3 saturated heterocycles. The molecule has 0 aliphatic carbocycles. The van der Waals surface area contributed by atoms with E-state index in [9.17, 15) is 9.59 Å². The molecule has 1 atom stereocenters. The largest absolute Gasteiger partial charge is 0.446 e. The first-order valence-corrected chi connectivity index (χ1v) is 9.76. The molecule has 0 saturated carbocycles. The normalized spacial score (nSPS) is 25.2. The van der Waals surface area contributed by atoms with Crippen LogP contribution in [0.2, 0.25) is 0 Å². The van der Waals surface area contributed by atoms with Crippen LogP contribution < -0.4 is 21.3 Å². The smallest absolute Gasteiger partial charge is 0.407 e. The average Bonchev–Trinajstić information content (AvgIpc) is 2.60. The maximum atomic E-state index is 11.2. The topological polar surface area (TPSA) is 91.5 Å². The van der Waals surface area contributed by atoms with Crippen molar-refractivity contribution in [2.24, 2.45) is 5.41 Å². The van der Waals surface area contributed by atoms with Crippen molar-refractivity contribution in [1.29, 1.82) is 0 Å². The zero-order chi connectivity index (χ0) is 18.0. The minimum atomic E-state index is -0.272. The molecule has 3 aliphatic heterocycles. The van der Waals surface area contributed by atoms with Crippen LogP contribution in [0.15, 0.2) is 0 Å². The predicted molar refractivity (Wildman–Crippen MR) is 97.4 cm³/mol. The quantitative estimate of drug-likeness (QED) is 0.556. The van der Waals surface area contributed by atoms with E-state index in [4.69, 9.17) is 4.74 Å². The van der Waals surface area contributed by atoms with Crippen molar-refractivity contribution in [3.63, 3.8) is 0 Å². The van der Waals surface area contributed by atoms with Crippen LogP contribution in [0.25, 0.3) is 0 Å². The molecule has 0 radical (unpaired) electrons. The SMILES string of the molecule is CCCNCCC1CCNC(=O)O1.O=C1CC2(CCNCC2)CCN1. The summed E-state index contributed by atoms with van der Waals surface area (Å²) in [6, 6.07) is 0. The van der Waals surface area contributed by atoms with E-state index in [2.05, 4.69) is 28.2 Å². The molecule has 0 bridgehead atoms. The fraction of sp³-hybridized carbons (Fsp3) is 0.889. The molecule has 3 aliphatic rings. The van der Waals surface area contributed by atoms with Gasteiger partial charge in [-0.05, 0) is 63.7 Å². The second-order valence-corrected chi connectivity index (χ2v) is 7.31. The molecule has 144 valence electrons. The summed E-state index contributed by atoms with van der Waals surface area (Å²) in [5.74, 6) is 0.253. The molecule has 3 heterocycles. The number of alkyl carbamates (subject to hydrolysis) is 1. The summed E-state index contributed by atoms with van der Waals surface area (Å²) in [6.07, 6.45) is 7.14. The van der Waals surface area contributed by atoms with Gasteiger partial charge in [0.05, 0.1) is 0 Å². The number of hydrogen-bond donors (Lipinski definition) is 4. The lowest BCUT2D eigenvalue weighted by molar-refractivity contribution is -0.126. The Morgan fingerprint density at radius 3 is 2.52 bits per heavy atom. The van der Waals surface area contributed by atoms with Gasteiger partial charge < -0.3 is 26.0 Å². The summed E-state index contributed by atoms with van der Waals surface area (Å²) in [7, 11) is 0. The number of carbonyl (C=O) groups is 2. The Kier molecular flexibility index (Phi) is 8.48. The van der Waals surface area contributed by atoms with E-state index in [0.717, 1.165) is 65.0 Å². The van der Waals surface area contributed by atoms with Crippen molar-refractivity contribution in [3.05, 3.63) is 0 Å². The Balaban J connectivity index is 0.000000181. The number of rotatable bonds is 5. The minimum absolute atomic E-state index is 0.109. The second-order valence-electron chi connectivity index (χ2n) is 7.31. The van der Waals surface area contributed by atoms with Crippen LogP contribution in [0, 0.1) is 5.41 Å². The third-order valence-corrected chi connectivity index (χ3v) is 5.26. The predicted octanol–water partition coefficient (Wildman–Crippen LogP) is 1.14. The molecule has 4 N–H and O–H groups in total. The van der Waals surface area contributed by atoms with Crippen molar-refractivity contribution < 1.29 is 14.3 Å². The van der Waals surface area contributed by atoms with Crippen LogP contribution in [0.4, 0.5) is 4.79 Å². The maximum absolute atomic E-state index is 11.2. The fourth-order valence-corrected chi connectivity index (χ4v) is 3.70. The van der Waals surface area contributed by atoms with Gasteiger partial charge in [-0.3, -0.25) is 4.79 Å². The van der Waals surface area contributed by atoms with E-state index in [1.807, 2.05) is 0 Å². The van der Waals surface area contributed by atoms with E-state index >= 15 is 0 Å².